The Labute approximate surface area is 266 Å². The number of benzene rings is 2. The van der Waals surface area contributed by atoms with Crippen LogP contribution in [0, 0.1) is 18.6 Å². The van der Waals surface area contributed by atoms with Gasteiger partial charge in [-0.3, -0.25) is 9.48 Å². The number of halogens is 2. The van der Waals surface area contributed by atoms with Crippen LogP contribution in [0.2, 0.25) is 0 Å². The monoisotopic (exact) mass is 641 g/mol. The molecule has 9 nitrogen and oxygen atoms in total. The van der Waals surface area contributed by atoms with Crippen LogP contribution in [-0.4, -0.2) is 54.9 Å². The average Bonchev–Trinajstić information content (AvgIpc) is 3.77. The molecule has 0 bridgehead atoms. The van der Waals surface area contributed by atoms with Crippen LogP contribution >= 0.6 is 11.3 Å². The predicted octanol–water partition coefficient (Wildman–Crippen LogP) is 7.07. The standard InChI is InChI=1S/C34H29F2N5O4S/c1-5-29(43)40-9-10-41-26(18(40)3)15-25(39-41)33-31(30-23(36)13-21(35)14-28(30)44-16-17(2)42)34-22(8-11-46-34)32(38-33)20-6-7-27-24(12-20)37-19(4)45-27/h5-8,11-15,17-18,42H,1,9-10,16H2,2-4H3. The molecule has 0 saturated carbocycles. The van der Waals surface area contributed by atoms with Crippen molar-refractivity contribution in [2.75, 3.05) is 13.2 Å². The van der Waals surface area contributed by atoms with Crippen LogP contribution in [0.1, 0.15) is 31.5 Å². The molecule has 0 saturated heterocycles. The van der Waals surface area contributed by atoms with Gasteiger partial charge in [-0.05, 0) is 55.6 Å². The van der Waals surface area contributed by atoms with Crippen LogP contribution < -0.4 is 4.74 Å². The Morgan fingerprint density at radius 1 is 1.17 bits per heavy atom. The fourth-order valence-electron chi connectivity index (χ4n) is 6.01. The van der Waals surface area contributed by atoms with Crippen molar-refractivity contribution in [1.82, 2.24) is 24.6 Å². The maximum absolute atomic E-state index is 16.0. The number of amides is 1. The van der Waals surface area contributed by atoms with Crippen molar-refractivity contribution in [3.05, 3.63) is 83.7 Å². The SMILES string of the molecule is C=CC(=O)N1CCn2nc(-c3nc(-c4ccc5oc(C)nc5c4)c4ccsc4c3-c3c(F)cc(F)cc3OCC(C)O)cc2C1C. The maximum atomic E-state index is 16.0. The van der Waals surface area contributed by atoms with Gasteiger partial charge >= 0.3 is 0 Å². The fourth-order valence-corrected chi connectivity index (χ4v) is 6.95. The summed E-state index contributed by atoms with van der Waals surface area (Å²) >= 11 is 1.38. The van der Waals surface area contributed by atoms with Gasteiger partial charge in [-0.15, -0.1) is 11.3 Å². The zero-order valence-corrected chi connectivity index (χ0v) is 26.1. The van der Waals surface area contributed by atoms with Gasteiger partial charge in [0.25, 0.3) is 0 Å². The smallest absolute Gasteiger partial charge is 0.246 e. The number of rotatable bonds is 7. The topological polar surface area (TPSA) is 107 Å². The highest BCUT2D eigenvalue weighted by Gasteiger charge is 2.31. The lowest BCUT2D eigenvalue weighted by Gasteiger charge is -2.33. The first-order chi connectivity index (χ1) is 22.1. The fraction of sp³-hybridized carbons (Fsp3) is 0.235. The minimum absolute atomic E-state index is 0.00797. The van der Waals surface area contributed by atoms with E-state index in [0.717, 1.165) is 28.8 Å². The summed E-state index contributed by atoms with van der Waals surface area (Å²) in [6, 6.07) is 11.0. The van der Waals surface area contributed by atoms with Crippen LogP contribution in [-0.2, 0) is 11.3 Å². The van der Waals surface area contributed by atoms with Gasteiger partial charge in [0.15, 0.2) is 11.5 Å². The summed E-state index contributed by atoms with van der Waals surface area (Å²) < 4.78 is 44.6. The number of aliphatic hydroxyl groups excluding tert-OH is 1. The Morgan fingerprint density at radius 3 is 2.78 bits per heavy atom. The van der Waals surface area contributed by atoms with E-state index in [1.807, 2.05) is 47.3 Å². The van der Waals surface area contributed by atoms with Gasteiger partial charge in [-0.1, -0.05) is 6.58 Å². The molecular weight excluding hydrogens is 612 g/mol. The second kappa shape index (κ2) is 11.5. The molecule has 0 aliphatic carbocycles. The third-order valence-electron chi connectivity index (χ3n) is 8.08. The van der Waals surface area contributed by atoms with Crippen LogP contribution in [0.15, 0.2) is 64.9 Å². The van der Waals surface area contributed by atoms with Gasteiger partial charge < -0.3 is 19.2 Å². The third kappa shape index (κ3) is 5.03. The van der Waals surface area contributed by atoms with E-state index in [4.69, 9.17) is 19.2 Å². The second-order valence-corrected chi connectivity index (χ2v) is 12.2. The Bertz CT molecular complexity index is 2170. The van der Waals surface area contributed by atoms with Crippen LogP contribution in [0.3, 0.4) is 0 Å². The molecule has 12 heteroatoms. The molecule has 0 fully saturated rings. The predicted molar refractivity (Wildman–Crippen MR) is 171 cm³/mol. The summed E-state index contributed by atoms with van der Waals surface area (Å²) in [4.78, 5) is 23.9. The molecule has 1 amide bonds. The van der Waals surface area contributed by atoms with Crippen molar-refractivity contribution in [2.24, 2.45) is 0 Å². The number of aromatic nitrogens is 4. The number of hydrogen-bond acceptors (Lipinski definition) is 8. The van der Waals surface area contributed by atoms with E-state index in [2.05, 4.69) is 11.6 Å². The molecule has 4 aromatic heterocycles. The maximum Gasteiger partial charge on any atom is 0.246 e. The van der Waals surface area contributed by atoms with E-state index in [9.17, 15) is 14.3 Å². The molecule has 0 radical (unpaired) electrons. The number of ether oxygens (including phenoxy) is 1. The average molecular weight is 642 g/mol. The highest BCUT2D eigenvalue weighted by molar-refractivity contribution is 7.18. The summed E-state index contributed by atoms with van der Waals surface area (Å²) in [5.41, 5.74) is 4.66. The molecule has 2 aromatic carbocycles. The van der Waals surface area contributed by atoms with Crippen molar-refractivity contribution < 1.29 is 27.8 Å². The first-order valence-corrected chi connectivity index (χ1v) is 15.6. The van der Waals surface area contributed by atoms with Crippen LogP contribution in [0.25, 0.3) is 55.0 Å². The van der Waals surface area contributed by atoms with E-state index in [1.165, 1.54) is 24.3 Å². The first-order valence-electron chi connectivity index (χ1n) is 14.7. The van der Waals surface area contributed by atoms with Gasteiger partial charge in [0.2, 0.25) is 5.91 Å². The molecule has 2 unspecified atom stereocenters. The van der Waals surface area contributed by atoms with E-state index >= 15 is 4.39 Å². The van der Waals surface area contributed by atoms with Crippen molar-refractivity contribution in [3.63, 3.8) is 0 Å². The number of carbonyl (C=O) groups excluding carboxylic acids is 1. The lowest BCUT2D eigenvalue weighted by atomic mass is 9.96. The minimum Gasteiger partial charge on any atom is -0.490 e. The molecule has 7 rings (SSSR count). The van der Waals surface area contributed by atoms with Crippen molar-refractivity contribution >= 4 is 38.4 Å². The number of fused-ring (bicyclic) bond motifs is 3. The van der Waals surface area contributed by atoms with Crippen molar-refractivity contribution in [2.45, 2.75) is 39.5 Å². The summed E-state index contributed by atoms with van der Waals surface area (Å²) in [5.74, 6) is -1.37. The summed E-state index contributed by atoms with van der Waals surface area (Å²) in [6.45, 7) is 9.56. The van der Waals surface area contributed by atoms with E-state index in [-0.39, 0.29) is 29.9 Å². The summed E-state index contributed by atoms with van der Waals surface area (Å²) in [5, 5.41) is 17.5. The van der Waals surface area contributed by atoms with E-state index in [0.29, 0.717) is 57.4 Å². The van der Waals surface area contributed by atoms with Gasteiger partial charge in [0.05, 0.1) is 35.6 Å². The van der Waals surface area contributed by atoms with Crippen molar-refractivity contribution in [1.29, 1.82) is 0 Å². The lowest BCUT2D eigenvalue weighted by molar-refractivity contribution is -0.129. The zero-order valence-electron chi connectivity index (χ0n) is 25.3. The number of oxazole rings is 1. The highest BCUT2D eigenvalue weighted by Crippen LogP contribution is 2.47. The van der Waals surface area contributed by atoms with E-state index < -0.39 is 17.7 Å². The van der Waals surface area contributed by atoms with Crippen LogP contribution in [0.4, 0.5) is 8.78 Å². The van der Waals surface area contributed by atoms with Gasteiger partial charge in [-0.25, -0.2) is 18.7 Å². The number of nitrogens with zero attached hydrogens (tertiary/aromatic N) is 5. The van der Waals surface area contributed by atoms with Gasteiger partial charge in [-0.2, -0.15) is 5.10 Å². The Morgan fingerprint density at radius 2 is 2.00 bits per heavy atom. The quantitative estimate of drug-likeness (QED) is 0.186. The number of aryl methyl sites for hydroxylation is 1. The molecule has 5 heterocycles. The zero-order chi connectivity index (χ0) is 32.3. The molecule has 6 aromatic rings. The highest BCUT2D eigenvalue weighted by atomic mass is 32.1. The Hall–Kier alpha value is -4.94. The third-order valence-corrected chi connectivity index (χ3v) is 9.02. The number of aliphatic hydroxyl groups is 1. The molecular formula is C34H29F2N5O4S. The molecule has 46 heavy (non-hydrogen) atoms. The van der Waals surface area contributed by atoms with E-state index in [1.54, 1.807) is 11.8 Å². The van der Waals surface area contributed by atoms with Crippen LogP contribution in [0.5, 0.6) is 5.75 Å². The lowest BCUT2D eigenvalue weighted by Crippen LogP contribution is -2.40. The number of thiophene rings is 1. The minimum atomic E-state index is -0.876. The molecule has 1 N–H and O–H groups in total. The number of carbonyl (C=O) groups is 1. The molecule has 1 aliphatic heterocycles. The Kier molecular flexibility index (Phi) is 7.41. The Balaban J connectivity index is 1.51. The number of hydrogen-bond donors (Lipinski definition) is 1. The molecule has 2 atom stereocenters. The normalized spacial score (nSPS) is 15.3. The molecule has 234 valence electrons. The number of pyridine rings is 1. The molecule has 0 spiro atoms. The summed E-state index contributed by atoms with van der Waals surface area (Å²) in [6.07, 6.45) is 0.415. The second-order valence-electron chi connectivity index (χ2n) is 11.3. The largest absolute Gasteiger partial charge is 0.490 e. The first kappa shape index (κ1) is 29.8. The summed E-state index contributed by atoms with van der Waals surface area (Å²) in [7, 11) is 0. The molecule has 1 aliphatic rings. The van der Waals surface area contributed by atoms with Gasteiger partial charge in [0, 0.05) is 46.8 Å². The van der Waals surface area contributed by atoms with Crippen molar-refractivity contribution in [3.8, 4) is 39.5 Å². The van der Waals surface area contributed by atoms with Gasteiger partial charge in [0.1, 0.15) is 40.9 Å².